The number of halogens is 1. The summed E-state index contributed by atoms with van der Waals surface area (Å²) in [6.45, 7) is 1.85. The number of nitrogens with one attached hydrogen (secondary N) is 1. The summed E-state index contributed by atoms with van der Waals surface area (Å²) < 4.78 is 14.0. The molecule has 0 saturated carbocycles. The van der Waals surface area contributed by atoms with Crippen molar-refractivity contribution in [2.24, 2.45) is 0 Å². The number of carbonyl (C=O) groups is 1. The van der Waals surface area contributed by atoms with Crippen LogP contribution in [0, 0.1) is 12.7 Å². The summed E-state index contributed by atoms with van der Waals surface area (Å²) in [5.74, 6) is -0.573. The fourth-order valence-corrected chi connectivity index (χ4v) is 3.50. The van der Waals surface area contributed by atoms with E-state index in [1.54, 1.807) is 12.1 Å². The van der Waals surface area contributed by atoms with Gasteiger partial charge in [-0.2, -0.15) is 0 Å². The minimum absolute atomic E-state index is 0.253. The van der Waals surface area contributed by atoms with Crippen molar-refractivity contribution in [1.82, 2.24) is 9.97 Å². The molecule has 2 aromatic carbocycles. The van der Waals surface area contributed by atoms with Crippen LogP contribution < -0.4 is 5.32 Å². The zero-order chi connectivity index (χ0) is 16.7. The molecule has 0 saturated heterocycles. The number of hydrogen-bond acceptors (Lipinski definition) is 4. The SMILES string of the molecule is Cc1cc(C(=O)Nc2nc3ccc(F)cc3s2)c2ccccc2n1. The van der Waals surface area contributed by atoms with Gasteiger partial charge in [0.05, 0.1) is 21.3 Å². The highest BCUT2D eigenvalue weighted by Crippen LogP contribution is 2.27. The van der Waals surface area contributed by atoms with Crippen molar-refractivity contribution in [3.8, 4) is 0 Å². The molecule has 0 radical (unpaired) electrons. The van der Waals surface area contributed by atoms with Gasteiger partial charge in [-0.15, -0.1) is 0 Å². The Morgan fingerprint density at radius 1 is 1.08 bits per heavy atom. The molecule has 0 aliphatic rings. The number of aromatic nitrogens is 2. The number of benzene rings is 2. The van der Waals surface area contributed by atoms with Gasteiger partial charge in [-0.1, -0.05) is 29.5 Å². The number of hydrogen-bond donors (Lipinski definition) is 1. The van der Waals surface area contributed by atoms with Gasteiger partial charge in [-0.05, 0) is 37.3 Å². The van der Waals surface area contributed by atoms with E-state index in [-0.39, 0.29) is 11.7 Å². The van der Waals surface area contributed by atoms with E-state index in [1.165, 1.54) is 23.5 Å². The van der Waals surface area contributed by atoms with E-state index in [1.807, 2.05) is 31.2 Å². The first kappa shape index (κ1) is 14.7. The van der Waals surface area contributed by atoms with Crippen molar-refractivity contribution in [2.75, 3.05) is 5.32 Å². The standard InChI is InChI=1S/C18H12FN3OS/c1-10-8-13(12-4-2-3-5-14(12)20-10)17(23)22-18-21-15-7-6-11(19)9-16(15)24-18/h2-9H,1H3,(H,21,22,23). The number of thiazole rings is 1. The fraction of sp³-hybridized carbons (Fsp3) is 0.0556. The Bertz CT molecular complexity index is 1090. The van der Waals surface area contributed by atoms with Crippen LogP contribution in [0.1, 0.15) is 16.1 Å². The number of para-hydroxylation sites is 1. The van der Waals surface area contributed by atoms with Gasteiger partial charge < -0.3 is 0 Å². The third-order valence-corrected chi connectivity index (χ3v) is 4.59. The molecule has 0 aliphatic heterocycles. The molecule has 118 valence electrons. The smallest absolute Gasteiger partial charge is 0.258 e. The number of nitrogens with zero attached hydrogens (tertiary/aromatic N) is 2. The lowest BCUT2D eigenvalue weighted by Crippen LogP contribution is -2.13. The van der Waals surface area contributed by atoms with E-state index in [4.69, 9.17) is 0 Å². The molecule has 4 aromatic rings. The molecule has 4 nitrogen and oxygen atoms in total. The van der Waals surface area contributed by atoms with Crippen LogP contribution in [-0.4, -0.2) is 15.9 Å². The van der Waals surface area contributed by atoms with Crippen LogP contribution in [0.5, 0.6) is 0 Å². The Morgan fingerprint density at radius 3 is 2.79 bits per heavy atom. The number of aryl methyl sites for hydroxylation is 1. The normalized spacial score (nSPS) is 11.1. The summed E-state index contributed by atoms with van der Waals surface area (Å²) in [6.07, 6.45) is 0. The van der Waals surface area contributed by atoms with E-state index >= 15 is 0 Å². The van der Waals surface area contributed by atoms with Gasteiger partial charge >= 0.3 is 0 Å². The van der Waals surface area contributed by atoms with Crippen LogP contribution >= 0.6 is 11.3 Å². The maximum Gasteiger partial charge on any atom is 0.258 e. The Kier molecular flexibility index (Phi) is 3.46. The first-order valence-corrected chi connectivity index (χ1v) is 8.16. The highest BCUT2D eigenvalue weighted by atomic mass is 32.1. The summed E-state index contributed by atoms with van der Waals surface area (Å²) in [4.78, 5) is 21.4. The second-order valence-corrected chi connectivity index (χ2v) is 6.44. The number of anilines is 1. The zero-order valence-corrected chi connectivity index (χ0v) is 13.5. The van der Waals surface area contributed by atoms with E-state index in [0.29, 0.717) is 20.9 Å². The van der Waals surface area contributed by atoms with E-state index in [0.717, 1.165) is 16.6 Å². The molecule has 0 unspecified atom stereocenters. The van der Waals surface area contributed by atoms with Gasteiger partial charge in [-0.25, -0.2) is 9.37 Å². The van der Waals surface area contributed by atoms with Gasteiger partial charge in [0.15, 0.2) is 5.13 Å². The number of pyridine rings is 1. The molecule has 1 N–H and O–H groups in total. The maximum absolute atomic E-state index is 13.3. The lowest BCUT2D eigenvalue weighted by Gasteiger charge is -2.07. The van der Waals surface area contributed by atoms with Gasteiger partial charge in [0.1, 0.15) is 5.82 Å². The molecule has 24 heavy (non-hydrogen) atoms. The first-order valence-electron chi connectivity index (χ1n) is 7.34. The van der Waals surface area contributed by atoms with Crippen LogP contribution in [0.25, 0.3) is 21.1 Å². The van der Waals surface area contributed by atoms with Crippen molar-refractivity contribution in [1.29, 1.82) is 0 Å². The summed E-state index contributed by atoms with van der Waals surface area (Å²) in [6, 6.07) is 13.6. The second-order valence-electron chi connectivity index (χ2n) is 5.41. The first-order chi connectivity index (χ1) is 11.6. The predicted octanol–water partition coefficient (Wildman–Crippen LogP) is 4.54. The van der Waals surface area contributed by atoms with Crippen LogP contribution in [0.2, 0.25) is 0 Å². The fourth-order valence-electron chi connectivity index (χ4n) is 2.61. The van der Waals surface area contributed by atoms with Gasteiger partial charge in [0, 0.05) is 11.1 Å². The monoisotopic (exact) mass is 337 g/mol. The predicted molar refractivity (Wildman–Crippen MR) is 94.0 cm³/mol. The molecule has 0 spiro atoms. The number of carbonyl (C=O) groups excluding carboxylic acids is 1. The van der Waals surface area contributed by atoms with Crippen LogP contribution in [0.15, 0.2) is 48.5 Å². The lowest BCUT2D eigenvalue weighted by atomic mass is 10.1. The van der Waals surface area contributed by atoms with E-state index in [2.05, 4.69) is 15.3 Å². The third kappa shape index (κ3) is 2.61. The van der Waals surface area contributed by atoms with Gasteiger partial charge in [-0.3, -0.25) is 15.1 Å². The van der Waals surface area contributed by atoms with Crippen molar-refractivity contribution >= 4 is 43.5 Å². The lowest BCUT2D eigenvalue weighted by molar-refractivity contribution is 0.102. The summed E-state index contributed by atoms with van der Waals surface area (Å²) in [5, 5.41) is 4.03. The highest BCUT2D eigenvalue weighted by Gasteiger charge is 2.14. The molecule has 0 atom stereocenters. The minimum atomic E-state index is -0.320. The van der Waals surface area contributed by atoms with Crippen LogP contribution in [-0.2, 0) is 0 Å². The molecule has 0 bridgehead atoms. The molecular formula is C18H12FN3OS. The van der Waals surface area contributed by atoms with Gasteiger partial charge in [0.25, 0.3) is 5.91 Å². The van der Waals surface area contributed by atoms with Crippen molar-refractivity contribution < 1.29 is 9.18 Å². The molecule has 2 heterocycles. The van der Waals surface area contributed by atoms with Gasteiger partial charge in [0.2, 0.25) is 0 Å². The molecule has 0 aliphatic carbocycles. The zero-order valence-electron chi connectivity index (χ0n) is 12.7. The van der Waals surface area contributed by atoms with Crippen molar-refractivity contribution in [2.45, 2.75) is 6.92 Å². The van der Waals surface area contributed by atoms with Crippen molar-refractivity contribution in [3.05, 3.63) is 65.6 Å². The molecule has 6 heteroatoms. The second kappa shape index (κ2) is 5.65. The average molecular weight is 337 g/mol. The van der Waals surface area contributed by atoms with Crippen LogP contribution in [0.3, 0.4) is 0 Å². The summed E-state index contributed by atoms with van der Waals surface area (Å²) in [7, 11) is 0. The number of fused-ring (bicyclic) bond motifs is 2. The summed E-state index contributed by atoms with van der Waals surface area (Å²) >= 11 is 1.25. The Labute approximate surface area is 141 Å². The molecule has 4 rings (SSSR count). The van der Waals surface area contributed by atoms with E-state index in [9.17, 15) is 9.18 Å². The van der Waals surface area contributed by atoms with Crippen molar-refractivity contribution in [3.63, 3.8) is 0 Å². The summed E-state index contributed by atoms with van der Waals surface area (Å²) in [5.41, 5.74) is 2.75. The Balaban J connectivity index is 1.73. The maximum atomic E-state index is 13.3. The van der Waals surface area contributed by atoms with E-state index < -0.39 is 0 Å². The minimum Gasteiger partial charge on any atom is -0.298 e. The quantitative estimate of drug-likeness (QED) is 0.584. The highest BCUT2D eigenvalue weighted by molar-refractivity contribution is 7.22. The third-order valence-electron chi connectivity index (χ3n) is 3.66. The topological polar surface area (TPSA) is 54.9 Å². The number of rotatable bonds is 2. The molecular weight excluding hydrogens is 325 g/mol. The largest absolute Gasteiger partial charge is 0.298 e. The molecule has 2 aromatic heterocycles. The Hall–Kier alpha value is -2.86. The average Bonchev–Trinajstić information content (AvgIpc) is 2.95. The van der Waals surface area contributed by atoms with Crippen LogP contribution in [0.4, 0.5) is 9.52 Å². The molecule has 0 fully saturated rings. The number of amides is 1. The molecule has 1 amide bonds. The Morgan fingerprint density at radius 2 is 1.92 bits per heavy atom.